The number of aromatic nitrogens is 2. The van der Waals surface area contributed by atoms with Crippen LogP contribution in [-0.2, 0) is 4.74 Å². The monoisotopic (exact) mass is 361 g/mol. The number of carbonyl (C=O) groups excluding carboxylic acids is 1. The fourth-order valence-electron chi connectivity index (χ4n) is 1.87. The first-order valence-electron chi connectivity index (χ1n) is 8.01. The summed E-state index contributed by atoms with van der Waals surface area (Å²) in [6, 6.07) is 9.63. The minimum absolute atomic E-state index is 0.348. The minimum atomic E-state index is -0.551. The van der Waals surface area contributed by atoms with Crippen LogP contribution >= 0.6 is 11.8 Å². The zero-order chi connectivity index (χ0) is 18.3. The number of thioether (sulfide) groups is 1. The Balaban J connectivity index is 1.81. The van der Waals surface area contributed by atoms with Crippen LogP contribution in [0.1, 0.15) is 45.2 Å². The van der Waals surface area contributed by atoms with Gasteiger partial charge in [0.2, 0.25) is 5.89 Å². The molecule has 0 bridgehead atoms. The molecule has 25 heavy (non-hydrogen) atoms. The van der Waals surface area contributed by atoms with Crippen LogP contribution in [0.3, 0.4) is 0 Å². The van der Waals surface area contributed by atoms with Crippen LogP contribution < -0.4 is 5.32 Å². The average molecular weight is 361 g/mol. The van der Waals surface area contributed by atoms with Crippen LogP contribution in [0.15, 0.2) is 46.0 Å². The Morgan fingerprint density at radius 3 is 2.72 bits per heavy atom. The fourth-order valence-corrected chi connectivity index (χ4v) is 2.45. The van der Waals surface area contributed by atoms with E-state index in [0.717, 1.165) is 5.56 Å². The average Bonchev–Trinajstić information content (AvgIpc) is 3.00. The predicted octanol–water partition coefficient (Wildman–Crippen LogP) is 4.46. The molecule has 134 valence electrons. The van der Waals surface area contributed by atoms with Gasteiger partial charge in [0, 0.05) is 5.75 Å². The van der Waals surface area contributed by atoms with E-state index in [1.54, 1.807) is 6.92 Å². The van der Waals surface area contributed by atoms with Crippen LogP contribution in [0.4, 0.5) is 4.79 Å². The Labute approximate surface area is 152 Å². The molecule has 1 aromatic carbocycles. The Morgan fingerprint density at radius 2 is 2.04 bits per heavy atom. The number of nitrogens with zero attached hydrogens (tertiary/aromatic N) is 2. The van der Waals surface area contributed by atoms with Gasteiger partial charge in [-0.1, -0.05) is 54.2 Å². The quantitative estimate of drug-likeness (QED) is 0.765. The molecule has 7 heteroatoms. The van der Waals surface area contributed by atoms with Gasteiger partial charge in [-0.15, -0.1) is 10.2 Å². The van der Waals surface area contributed by atoms with E-state index >= 15 is 0 Å². The summed E-state index contributed by atoms with van der Waals surface area (Å²) in [7, 11) is 0. The van der Waals surface area contributed by atoms with Crippen molar-refractivity contribution in [3.05, 3.63) is 47.9 Å². The van der Waals surface area contributed by atoms with E-state index in [1.165, 1.54) is 11.8 Å². The van der Waals surface area contributed by atoms with Gasteiger partial charge in [-0.2, -0.15) is 0 Å². The Morgan fingerprint density at radius 1 is 1.32 bits per heavy atom. The number of amides is 1. The second-order valence-corrected chi connectivity index (χ2v) is 7.37. The summed E-state index contributed by atoms with van der Waals surface area (Å²) in [6.07, 6.45) is 3.56. The highest BCUT2D eigenvalue weighted by atomic mass is 32.2. The van der Waals surface area contributed by atoms with Crippen LogP contribution in [0.2, 0.25) is 0 Å². The Bertz CT molecular complexity index is 708. The van der Waals surface area contributed by atoms with E-state index < -0.39 is 17.7 Å². The topological polar surface area (TPSA) is 77.2 Å². The van der Waals surface area contributed by atoms with E-state index in [1.807, 2.05) is 63.3 Å². The lowest BCUT2D eigenvalue weighted by molar-refractivity contribution is 0.0500. The summed E-state index contributed by atoms with van der Waals surface area (Å²) in [5, 5.41) is 11.1. The Kier molecular flexibility index (Phi) is 6.64. The molecule has 0 spiro atoms. The van der Waals surface area contributed by atoms with Crippen molar-refractivity contribution in [1.82, 2.24) is 15.5 Å². The maximum absolute atomic E-state index is 11.8. The number of ether oxygens (including phenoxy) is 1. The Hall–Kier alpha value is -2.28. The van der Waals surface area contributed by atoms with Gasteiger partial charge in [0.05, 0.1) is 0 Å². The summed E-state index contributed by atoms with van der Waals surface area (Å²) < 4.78 is 10.8. The number of carbonyl (C=O) groups is 1. The van der Waals surface area contributed by atoms with Crippen molar-refractivity contribution >= 4 is 23.9 Å². The standard InChI is InChI=1S/C18H23N3O3S/c1-13(19-16(22)24-18(2,3)4)15-20-21-17(23-15)25-12-8-11-14-9-6-5-7-10-14/h5-11,13H,12H2,1-4H3,(H,19,22)/b11-8+/t13-/m1/s1. The summed E-state index contributed by atoms with van der Waals surface area (Å²) in [4.78, 5) is 11.8. The van der Waals surface area contributed by atoms with E-state index in [0.29, 0.717) is 16.9 Å². The van der Waals surface area contributed by atoms with Crippen molar-refractivity contribution < 1.29 is 13.9 Å². The van der Waals surface area contributed by atoms with Crippen molar-refractivity contribution in [2.75, 3.05) is 5.75 Å². The smallest absolute Gasteiger partial charge is 0.408 e. The van der Waals surface area contributed by atoms with Crippen LogP contribution in [0.25, 0.3) is 6.08 Å². The van der Waals surface area contributed by atoms with Gasteiger partial charge in [0.15, 0.2) is 0 Å². The molecule has 0 saturated heterocycles. The minimum Gasteiger partial charge on any atom is -0.444 e. The number of hydrogen-bond acceptors (Lipinski definition) is 6. The SMILES string of the molecule is C[C@@H](NC(=O)OC(C)(C)C)c1nnc(SC/C=C/c2ccccc2)o1. The van der Waals surface area contributed by atoms with Crippen molar-refractivity contribution in [3.63, 3.8) is 0 Å². The van der Waals surface area contributed by atoms with E-state index in [-0.39, 0.29) is 0 Å². The van der Waals surface area contributed by atoms with Gasteiger partial charge in [-0.3, -0.25) is 0 Å². The maximum Gasteiger partial charge on any atom is 0.408 e. The molecular formula is C18H23N3O3S. The summed E-state index contributed by atoms with van der Waals surface area (Å²) >= 11 is 1.44. The number of rotatable bonds is 6. The molecule has 0 aliphatic heterocycles. The second kappa shape index (κ2) is 8.71. The lowest BCUT2D eigenvalue weighted by Crippen LogP contribution is -2.34. The van der Waals surface area contributed by atoms with Crippen LogP contribution in [0.5, 0.6) is 0 Å². The highest BCUT2D eigenvalue weighted by Crippen LogP contribution is 2.20. The number of benzene rings is 1. The molecule has 0 radical (unpaired) electrons. The fraction of sp³-hybridized carbons (Fsp3) is 0.389. The molecule has 0 fully saturated rings. The molecule has 1 heterocycles. The third-order valence-electron chi connectivity index (χ3n) is 2.94. The van der Waals surface area contributed by atoms with E-state index in [2.05, 4.69) is 15.5 Å². The highest BCUT2D eigenvalue weighted by molar-refractivity contribution is 7.99. The molecule has 0 unspecified atom stereocenters. The molecule has 1 N–H and O–H groups in total. The first-order chi connectivity index (χ1) is 11.8. The first kappa shape index (κ1) is 19.1. The lowest BCUT2D eigenvalue weighted by atomic mass is 10.2. The number of nitrogens with one attached hydrogen (secondary N) is 1. The molecule has 2 aromatic rings. The summed E-state index contributed by atoms with van der Waals surface area (Å²) in [5.74, 6) is 1.06. The van der Waals surface area contributed by atoms with Crippen molar-refractivity contribution in [2.24, 2.45) is 0 Å². The van der Waals surface area contributed by atoms with Crippen molar-refractivity contribution in [1.29, 1.82) is 0 Å². The zero-order valence-corrected chi connectivity index (χ0v) is 15.7. The van der Waals surface area contributed by atoms with E-state index in [4.69, 9.17) is 9.15 Å². The van der Waals surface area contributed by atoms with Gasteiger partial charge < -0.3 is 14.5 Å². The third-order valence-corrected chi connectivity index (χ3v) is 3.71. The molecular weight excluding hydrogens is 338 g/mol. The third kappa shape index (κ3) is 7.01. The largest absolute Gasteiger partial charge is 0.444 e. The van der Waals surface area contributed by atoms with Gasteiger partial charge in [0.1, 0.15) is 11.6 Å². The van der Waals surface area contributed by atoms with Crippen LogP contribution in [0, 0.1) is 0 Å². The highest BCUT2D eigenvalue weighted by Gasteiger charge is 2.21. The molecule has 0 aliphatic rings. The predicted molar refractivity (Wildman–Crippen MR) is 98.3 cm³/mol. The summed E-state index contributed by atoms with van der Waals surface area (Å²) in [5.41, 5.74) is 0.592. The van der Waals surface area contributed by atoms with Gasteiger partial charge >= 0.3 is 6.09 Å². The molecule has 2 rings (SSSR count). The summed E-state index contributed by atoms with van der Waals surface area (Å²) in [6.45, 7) is 7.19. The first-order valence-corrected chi connectivity index (χ1v) is 8.99. The number of hydrogen-bond donors (Lipinski definition) is 1. The maximum atomic E-state index is 11.8. The zero-order valence-electron chi connectivity index (χ0n) is 14.9. The van der Waals surface area contributed by atoms with Gasteiger partial charge in [-0.25, -0.2) is 4.79 Å². The molecule has 1 aromatic heterocycles. The van der Waals surface area contributed by atoms with Crippen molar-refractivity contribution in [3.8, 4) is 0 Å². The lowest BCUT2D eigenvalue weighted by Gasteiger charge is -2.20. The normalized spacial score (nSPS) is 13.0. The second-order valence-electron chi connectivity index (χ2n) is 6.40. The van der Waals surface area contributed by atoms with Crippen LogP contribution in [-0.4, -0.2) is 27.6 Å². The molecule has 0 saturated carbocycles. The molecule has 0 aliphatic carbocycles. The van der Waals surface area contributed by atoms with Gasteiger partial charge in [0.25, 0.3) is 5.22 Å². The van der Waals surface area contributed by atoms with Gasteiger partial charge in [-0.05, 0) is 33.3 Å². The van der Waals surface area contributed by atoms with E-state index in [9.17, 15) is 4.79 Å². The molecule has 1 amide bonds. The molecule has 1 atom stereocenters. The number of alkyl carbamates (subject to hydrolysis) is 1. The molecule has 6 nitrogen and oxygen atoms in total. The van der Waals surface area contributed by atoms with Crippen molar-refractivity contribution in [2.45, 2.75) is 44.6 Å².